The van der Waals surface area contributed by atoms with E-state index < -0.39 is 0 Å². The van der Waals surface area contributed by atoms with Crippen molar-refractivity contribution in [2.45, 2.75) is 19.4 Å². The minimum absolute atomic E-state index is 0.204. The Bertz CT molecular complexity index is 1130. The van der Waals surface area contributed by atoms with Crippen LogP contribution in [0.1, 0.15) is 29.7 Å². The van der Waals surface area contributed by atoms with E-state index in [0.717, 1.165) is 22.4 Å². The highest BCUT2D eigenvalue weighted by Gasteiger charge is 2.34. The third kappa shape index (κ3) is 4.71. The molecule has 0 bridgehead atoms. The molecule has 1 heterocycles. The highest BCUT2D eigenvalue weighted by molar-refractivity contribution is 6.31. The van der Waals surface area contributed by atoms with Crippen LogP contribution >= 0.6 is 11.6 Å². The number of benzene rings is 3. The lowest BCUT2D eigenvalue weighted by atomic mass is 9.87. The number of fused-ring (bicyclic) bond motifs is 1. The summed E-state index contributed by atoms with van der Waals surface area (Å²) in [6.45, 7) is 3.05. The molecule has 0 aliphatic carbocycles. The van der Waals surface area contributed by atoms with Crippen LogP contribution in [-0.4, -0.2) is 38.3 Å². The maximum Gasteiger partial charge on any atom is 0.322 e. The highest BCUT2D eigenvalue weighted by Crippen LogP contribution is 2.42. The quantitative estimate of drug-likeness (QED) is 0.488. The van der Waals surface area contributed by atoms with Crippen LogP contribution in [0.15, 0.2) is 60.7 Å². The minimum Gasteiger partial charge on any atom is -0.494 e. The molecule has 2 amide bonds. The Balaban J connectivity index is 1.71. The van der Waals surface area contributed by atoms with Crippen molar-refractivity contribution < 1.29 is 19.0 Å². The fourth-order valence-corrected chi connectivity index (χ4v) is 4.43. The Morgan fingerprint density at radius 3 is 2.39 bits per heavy atom. The Morgan fingerprint density at radius 2 is 1.73 bits per heavy atom. The van der Waals surface area contributed by atoms with Gasteiger partial charge in [-0.3, -0.25) is 0 Å². The summed E-state index contributed by atoms with van der Waals surface area (Å²) in [4.78, 5) is 15.3. The first-order valence-electron chi connectivity index (χ1n) is 10.9. The molecule has 1 aliphatic heterocycles. The number of halogens is 1. The third-order valence-electron chi connectivity index (χ3n) is 5.75. The maximum atomic E-state index is 13.4. The van der Waals surface area contributed by atoms with Crippen LogP contribution in [0.5, 0.6) is 17.2 Å². The standard InChI is InChI=1S/C26H27ClN2O4/c1-4-33-19-11-9-18(10-12-19)28-26(30)29-14-13-17-15-23(31-2)24(32-3)16-21(17)25(29)20-7-5-6-8-22(20)27/h5-12,15-16,25H,4,13-14H2,1-3H3,(H,28,30). The first-order valence-corrected chi connectivity index (χ1v) is 11.2. The predicted octanol–water partition coefficient (Wildman–Crippen LogP) is 5.94. The summed E-state index contributed by atoms with van der Waals surface area (Å²) in [6, 6.07) is 18.3. The molecule has 4 rings (SSSR count). The molecule has 1 N–H and O–H groups in total. The van der Waals surface area contributed by atoms with Crippen LogP contribution in [-0.2, 0) is 6.42 Å². The number of nitrogens with one attached hydrogen (secondary N) is 1. The van der Waals surface area contributed by atoms with Crippen molar-refractivity contribution in [2.75, 3.05) is 32.7 Å². The van der Waals surface area contributed by atoms with E-state index >= 15 is 0 Å². The van der Waals surface area contributed by atoms with Crippen molar-refractivity contribution >= 4 is 23.3 Å². The van der Waals surface area contributed by atoms with Gasteiger partial charge in [0.15, 0.2) is 11.5 Å². The lowest BCUT2D eigenvalue weighted by Crippen LogP contribution is -2.43. The smallest absolute Gasteiger partial charge is 0.322 e. The van der Waals surface area contributed by atoms with E-state index in [9.17, 15) is 4.79 Å². The van der Waals surface area contributed by atoms with Crippen molar-refractivity contribution in [3.63, 3.8) is 0 Å². The number of anilines is 1. The SMILES string of the molecule is CCOc1ccc(NC(=O)N2CCc3cc(OC)c(OC)cc3C2c2ccccc2Cl)cc1. The van der Waals surface area contributed by atoms with E-state index in [0.29, 0.717) is 41.8 Å². The molecule has 33 heavy (non-hydrogen) atoms. The fourth-order valence-electron chi connectivity index (χ4n) is 4.19. The van der Waals surface area contributed by atoms with E-state index in [4.69, 9.17) is 25.8 Å². The monoisotopic (exact) mass is 466 g/mol. The minimum atomic E-state index is -0.370. The van der Waals surface area contributed by atoms with Gasteiger partial charge in [-0.15, -0.1) is 0 Å². The molecule has 7 heteroatoms. The van der Waals surface area contributed by atoms with Crippen LogP contribution in [0.2, 0.25) is 5.02 Å². The lowest BCUT2D eigenvalue weighted by Gasteiger charge is -2.38. The van der Waals surface area contributed by atoms with Crippen LogP contribution in [0.25, 0.3) is 0 Å². The highest BCUT2D eigenvalue weighted by atomic mass is 35.5. The second-order valence-electron chi connectivity index (χ2n) is 7.66. The number of hydrogen-bond acceptors (Lipinski definition) is 4. The number of amides is 2. The average Bonchev–Trinajstić information content (AvgIpc) is 2.84. The van der Waals surface area contributed by atoms with Crippen molar-refractivity contribution in [1.29, 1.82) is 0 Å². The van der Waals surface area contributed by atoms with E-state index in [-0.39, 0.29) is 12.1 Å². The molecular formula is C26H27ClN2O4. The van der Waals surface area contributed by atoms with Gasteiger partial charge in [0.2, 0.25) is 0 Å². The van der Waals surface area contributed by atoms with Gasteiger partial charge in [0.1, 0.15) is 5.75 Å². The molecule has 1 aliphatic rings. The molecule has 0 spiro atoms. The van der Waals surface area contributed by atoms with Crippen LogP contribution in [0.4, 0.5) is 10.5 Å². The van der Waals surface area contributed by atoms with E-state index in [1.165, 1.54) is 0 Å². The van der Waals surface area contributed by atoms with Gasteiger partial charge in [-0.2, -0.15) is 0 Å². The second-order valence-corrected chi connectivity index (χ2v) is 8.07. The van der Waals surface area contributed by atoms with Gasteiger partial charge in [-0.25, -0.2) is 4.79 Å². The van der Waals surface area contributed by atoms with Gasteiger partial charge in [0, 0.05) is 17.3 Å². The normalized spacial score (nSPS) is 14.9. The first kappa shape index (κ1) is 22.8. The number of ether oxygens (including phenoxy) is 3. The number of nitrogens with zero attached hydrogens (tertiary/aromatic N) is 1. The van der Waals surface area contributed by atoms with Gasteiger partial charge in [0.05, 0.1) is 26.9 Å². The van der Waals surface area contributed by atoms with Crippen LogP contribution in [0, 0.1) is 0 Å². The number of urea groups is 1. The second kappa shape index (κ2) is 10.0. The molecule has 6 nitrogen and oxygen atoms in total. The molecule has 3 aromatic carbocycles. The third-order valence-corrected chi connectivity index (χ3v) is 6.10. The van der Waals surface area contributed by atoms with Crippen molar-refractivity contribution in [2.24, 2.45) is 0 Å². The number of carbonyl (C=O) groups excluding carboxylic acids is 1. The average molecular weight is 467 g/mol. The fraction of sp³-hybridized carbons (Fsp3) is 0.269. The van der Waals surface area contributed by atoms with Gasteiger partial charge in [0.25, 0.3) is 0 Å². The summed E-state index contributed by atoms with van der Waals surface area (Å²) in [7, 11) is 3.23. The number of carbonyl (C=O) groups is 1. The molecule has 0 saturated carbocycles. The van der Waals surface area contributed by atoms with Gasteiger partial charge in [-0.05, 0) is 72.5 Å². The zero-order valence-corrected chi connectivity index (χ0v) is 19.7. The van der Waals surface area contributed by atoms with Gasteiger partial charge >= 0.3 is 6.03 Å². The number of methoxy groups -OCH3 is 2. The van der Waals surface area contributed by atoms with E-state index in [1.54, 1.807) is 14.2 Å². The summed E-state index contributed by atoms with van der Waals surface area (Å²) < 4.78 is 16.5. The molecular weight excluding hydrogens is 440 g/mol. The topological polar surface area (TPSA) is 60.0 Å². The number of rotatable bonds is 6. The summed E-state index contributed by atoms with van der Waals surface area (Å²) in [6.07, 6.45) is 0.688. The molecule has 0 saturated heterocycles. The van der Waals surface area contributed by atoms with E-state index in [2.05, 4.69) is 5.32 Å². The zero-order valence-electron chi connectivity index (χ0n) is 18.9. The molecule has 0 fully saturated rings. The molecule has 0 radical (unpaired) electrons. The predicted molar refractivity (Wildman–Crippen MR) is 130 cm³/mol. The first-order chi connectivity index (χ1) is 16.0. The van der Waals surface area contributed by atoms with Gasteiger partial charge in [-0.1, -0.05) is 29.8 Å². The van der Waals surface area contributed by atoms with Crippen molar-refractivity contribution in [1.82, 2.24) is 4.90 Å². The lowest BCUT2D eigenvalue weighted by molar-refractivity contribution is 0.193. The molecule has 0 aromatic heterocycles. The largest absolute Gasteiger partial charge is 0.494 e. The zero-order chi connectivity index (χ0) is 23.4. The molecule has 1 unspecified atom stereocenters. The molecule has 3 aromatic rings. The van der Waals surface area contributed by atoms with Crippen LogP contribution < -0.4 is 19.5 Å². The Morgan fingerprint density at radius 1 is 1.03 bits per heavy atom. The molecule has 1 atom stereocenters. The van der Waals surface area contributed by atoms with Crippen molar-refractivity contribution in [3.8, 4) is 17.2 Å². The van der Waals surface area contributed by atoms with E-state index in [1.807, 2.05) is 72.5 Å². The Hall–Kier alpha value is -3.38. The van der Waals surface area contributed by atoms with Crippen molar-refractivity contribution in [3.05, 3.63) is 82.4 Å². The Kier molecular flexibility index (Phi) is 6.94. The van der Waals surface area contributed by atoms with Gasteiger partial charge < -0.3 is 24.4 Å². The Labute approximate surface area is 199 Å². The summed E-state index contributed by atoms with van der Waals surface area (Å²) in [5.74, 6) is 2.04. The summed E-state index contributed by atoms with van der Waals surface area (Å²) >= 11 is 6.61. The van der Waals surface area contributed by atoms with Crippen LogP contribution in [0.3, 0.4) is 0 Å². The number of hydrogen-bond donors (Lipinski definition) is 1. The summed E-state index contributed by atoms with van der Waals surface area (Å²) in [5.41, 5.74) is 3.62. The molecule has 172 valence electrons. The maximum absolute atomic E-state index is 13.4. The summed E-state index contributed by atoms with van der Waals surface area (Å²) in [5, 5.41) is 3.62.